The molecule has 0 atom stereocenters. The Morgan fingerprint density at radius 3 is 2.61 bits per heavy atom. The van der Waals surface area contributed by atoms with E-state index in [1.54, 1.807) is 24.3 Å². The zero-order valence-electron chi connectivity index (χ0n) is 9.67. The van der Waals surface area contributed by atoms with Gasteiger partial charge in [0.05, 0.1) is 17.3 Å². The maximum absolute atomic E-state index is 13.6. The van der Waals surface area contributed by atoms with E-state index in [0.717, 1.165) is 12.1 Å². The summed E-state index contributed by atoms with van der Waals surface area (Å²) in [5.41, 5.74) is 1.29. The van der Waals surface area contributed by atoms with Crippen LogP contribution in [0.4, 0.5) is 20.2 Å². The number of nitrogens with zero attached hydrogens (tertiary/aromatic N) is 1. The number of benzene rings is 2. The minimum atomic E-state index is -0.531. The van der Waals surface area contributed by atoms with Gasteiger partial charge in [-0.05, 0) is 36.8 Å². The molecular weight excluding hydrogens is 234 g/mol. The third-order valence-corrected chi connectivity index (χ3v) is 2.52. The molecular formula is C14H10F2N2. The number of hydrogen-bond acceptors (Lipinski definition) is 2. The van der Waals surface area contributed by atoms with Crippen LogP contribution < -0.4 is 5.32 Å². The number of aryl methyl sites for hydroxylation is 1. The van der Waals surface area contributed by atoms with E-state index in [9.17, 15) is 8.78 Å². The molecule has 2 rings (SSSR count). The summed E-state index contributed by atoms with van der Waals surface area (Å²) in [5.74, 6) is -1.01. The second-order valence-corrected chi connectivity index (χ2v) is 3.90. The Hall–Kier alpha value is -2.41. The van der Waals surface area contributed by atoms with Crippen LogP contribution in [0.3, 0.4) is 0 Å². The van der Waals surface area contributed by atoms with Crippen LogP contribution in [0.5, 0.6) is 0 Å². The Morgan fingerprint density at radius 2 is 1.89 bits per heavy atom. The van der Waals surface area contributed by atoms with Gasteiger partial charge in [0.2, 0.25) is 0 Å². The van der Waals surface area contributed by atoms with Crippen molar-refractivity contribution in [2.45, 2.75) is 6.92 Å². The molecule has 0 heterocycles. The molecule has 0 unspecified atom stereocenters. The molecule has 2 aromatic carbocycles. The standard InChI is InChI=1S/C14H10F2N2/c1-9-5-13(16)14(7-12(9)15)18-11-4-2-3-10(6-11)8-17/h2-7,18H,1H3. The number of hydrogen-bond donors (Lipinski definition) is 1. The molecule has 4 heteroatoms. The van der Waals surface area contributed by atoms with E-state index in [1.807, 2.05) is 6.07 Å². The molecule has 0 amide bonds. The molecule has 0 aromatic heterocycles. The highest BCUT2D eigenvalue weighted by Gasteiger charge is 2.07. The molecule has 0 saturated heterocycles. The van der Waals surface area contributed by atoms with Gasteiger partial charge < -0.3 is 5.32 Å². The third-order valence-electron chi connectivity index (χ3n) is 2.52. The molecule has 0 spiro atoms. The molecule has 0 aliphatic carbocycles. The van der Waals surface area contributed by atoms with Crippen molar-refractivity contribution in [1.82, 2.24) is 0 Å². The highest BCUT2D eigenvalue weighted by atomic mass is 19.1. The van der Waals surface area contributed by atoms with E-state index in [2.05, 4.69) is 5.32 Å². The van der Waals surface area contributed by atoms with E-state index in [1.165, 1.54) is 6.92 Å². The first-order chi connectivity index (χ1) is 8.60. The van der Waals surface area contributed by atoms with Crippen molar-refractivity contribution in [1.29, 1.82) is 5.26 Å². The molecule has 90 valence electrons. The van der Waals surface area contributed by atoms with Crippen molar-refractivity contribution in [3.63, 3.8) is 0 Å². The highest BCUT2D eigenvalue weighted by Crippen LogP contribution is 2.23. The minimum Gasteiger partial charge on any atom is -0.353 e. The van der Waals surface area contributed by atoms with Crippen LogP contribution in [0, 0.1) is 29.9 Å². The minimum absolute atomic E-state index is 0.0492. The Balaban J connectivity index is 2.34. The fraction of sp³-hybridized carbons (Fsp3) is 0.0714. The van der Waals surface area contributed by atoms with Crippen molar-refractivity contribution in [2.75, 3.05) is 5.32 Å². The van der Waals surface area contributed by atoms with Gasteiger partial charge in [-0.1, -0.05) is 6.07 Å². The highest BCUT2D eigenvalue weighted by molar-refractivity contribution is 5.62. The average Bonchev–Trinajstić information content (AvgIpc) is 2.36. The van der Waals surface area contributed by atoms with Crippen molar-refractivity contribution < 1.29 is 8.78 Å². The number of rotatable bonds is 2. The van der Waals surface area contributed by atoms with Crippen molar-refractivity contribution in [3.05, 3.63) is 59.2 Å². The zero-order valence-corrected chi connectivity index (χ0v) is 9.67. The van der Waals surface area contributed by atoms with E-state index in [-0.39, 0.29) is 11.3 Å². The first kappa shape index (κ1) is 12.1. The average molecular weight is 244 g/mol. The normalized spacial score (nSPS) is 9.89. The molecule has 2 nitrogen and oxygen atoms in total. The van der Waals surface area contributed by atoms with Crippen LogP contribution in [-0.4, -0.2) is 0 Å². The number of nitriles is 1. The topological polar surface area (TPSA) is 35.8 Å². The fourth-order valence-corrected chi connectivity index (χ4v) is 1.56. The summed E-state index contributed by atoms with van der Waals surface area (Å²) >= 11 is 0. The molecule has 0 aliphatic heterocycles. The Labute approximate surface area is 103 Å². The smallest absolute Gasteiger partial charge is 0.147 e. The van der Waals surface area contributed by atoms with Crippen LogP contribution in [-0.2, 0) is 0 Å². The summed E-state index contributed by atoms with van der Waals surface area (Å²) in [4.78, 5) is 0. The lowest BCUT2D eigenvalue weighted by Crippen LogP contribution is -1.96. The maximum Gasteiger partial charge on any atom is 0.147 e. The summed E-state index contributed by atoms with van der Waals surface area (Å²) in [7, 11) is 0. The molecule has 0 fully saturated rings. The molecule has 0 radical (unpaired) electrons. The van der Waals surface area contributed by atoms with Gasteiger partial charge in [-0.25, -0.2) is 8.78 Å². The fourth-order valence-electron chi connectivity index (χ4n) is 1.56. The Kier molecular flexibility index (Phi) is 3.24. The van der Waals surface area contributed by atoms with E-state index < -0.39 is 11.6 Å². The van der Waals surface area contributed by atoms with Gasteiger partial charge in [-0.15, -0.1) is 0 Å². The SMILES string of the molecule is Cc1cc(F)c(Nc2cccc(C#N)c2)cc1F. The summed E-state index contributed by atoms with van der Waals surface area (Å²) in [6.07, 6.45) is 0. The number of halogens is 2. The molecule has 1 N–H and O–H groups in total. The lowest BCUT2D eigenvalue weighted by atomic mass is 10.2. The van der Waals surface area contributed by atoms with Gasteiger partial charge in [-0.2, -0.15) is 5.26 Å². The van der Waals surface area contributed by atoms with Crippen LogP contribution in [0.25, 0.3) is 0 Å². The number of anilines is 2. The Morgan fingerprint density at radius 1 is 1.11 bits per heavy atom. The second-order valence-electron chi connectivity index (χ2n) is 3.90. The van der Waals surface area contributed by atoms with Gasteiger partial charge in [-0.3, -0.25) is 0 Å². The summed E-state index contributed by atoms with van der Waals surface area (Å²) in [5, 5.41) is 11.5. The quantitative estimate of drug-likeness (QED) is 0.869. The van der Waals surface area contributed by atoms with Crippen molar-refractivity contribution in [3.8, 4) is 6.07 Å². The summed E-state index contributed by atoms with van der Waals surface area (Å²) in [6.45, 7) is 1.50. The lowest BCUT2D eigenvalue weighted by Gasteiger charge is -2.09. The van der Waals surface area contributed by atoms with Gasteiger partial charge in [0, 0.05) is 11.8 Å². The van der Waals surface area contributed by atoms with Crippen molar-refractivity contribution >= 4 is 11.4 Å². The van der Waals surface area contributed by atoms with Crippen molar-refractivity contribution in [2.24, 2.45) is 0 Å². The first-order valence-electron chi connectivity index (χ1n) is 5.33. The van der Waals surface area contributed by atoms with Gasteiger partial charge in [0.1, 0.15) is 11.6 Å². The molecule has 0 saturated carbocycles. The van der Waals surface area contributed by atoms with Crippen LogP contribution in [0.2, 0.25) is 0 Å². The van der Waals surface area contributed by atoms with E-state index in [0.29, 0.717) is 11.3 Å². The van der Waals surface area contributed by atoms with Gasteiger partial charge in [0.25, 0.3) is 0 Å². The maximum atomic E-state index is 13.6. The number of nitrogens with one attached hydrogen (secondary N) is 1. The second kappa shape index (κ2) is 4.84. The largest absolute Gasteiger partial charge is 0.353 e. The molecule has 2 aromatic rings. The van der Waals surface area contributed by atoms with E-state index >= 15 is 0 Å². The predicted molar refractivity (Wildman–Crippen MR) is 65.5 cm³/mol. The van der Waals surface area contributed by atoms with Gasteiger partial charge in [0.15, 0.2) is 0 Å². The molecule has 0 bridgehead atoms. The van der Waals surface area contributed by atoms with Gasteiger partial charge >= 0.3 is 0 Å². The molecule has 18 heavy (non-hydrogen) atoms. The lowest BCUT2D eigenvalue weighted by molar-refractivity contribution is 0.595. The summed E-state index contributed by atoms with van der Waals surface area (Å²) < 4.78 is 27.0. The first-order valence-corrected chi connectivity index (χ1v) is 5.33. The monoisotopic (exact) mass is 244 g/mol. The predicted octanol–water partition coefficient (Wildman–Crippen LogP) is 3.89. The summed E-state index contributed by atoms with van der Waals surface area (Å²) in [6, 6.07) is 10.8. The third kappa shape index (κ3) is 2.46. The van der Waals surface area contributed by atoms with Crippen LogP contribution >= 0.6 is 0 Å². The van der Waals surface area contributed by atoms with E-state index in [4.69, 9.17) is 5.26 Å². The molecule has 0 aliphatic rings. The van der Waals surface area contributed by atoms with Crippen LogP contribution in [0.1, 0.15) is 11.1 Å². The Bertz CT molecular complexity index is 630. The van der Waals surface area contributed by atoms with Crippen LogP contribution in [0.15, 0.2) is 36.4 Å². The zero-order chi connectivity index (χ0) is 13.1.